The zero-order valence-electron chi connectivity index (χ0n) is 11.7. The average molecular weight is 289 g/mol. The number of carbonyl (C=O) groups excluding carboxylic acids is 2. The van der Waals surface area contributed by atoms with E-state index in [9.17, 15) is 9.59 Å². The predicted octanol–water partition coefficient (Wildman–Crippen LogP) is 1.40. The maximum Gasteiger partial charge on any atom is 0.412 e. The zero-order valence-corrected chi connectivity index (χ0v) is 11.7. The van der Waals surface area contributed by atoms with Gasteiger partial charge < -0.3 is 10.1 Å². The maximum absolute atomic E-state index is 11.8. The first-order valence-electron chi connectivity index (χ1n) is 6.18. The van der Waals surface area contributed by atoms with E-state index < -0.39 is 6.09 Å². The van der Waals surface area contributed by atoms with E-state index in [1.54, 1.807) is 0 Å². The van der Waals surface area contributed by atoms with E-state index in [0.717, 1.165) is 5.56 Å². The fourth-order valence-electron chi connectivity index (χ4n) is 1.57. The monoisotopic (exact) mass is 289 g/mol. The molecule has 1 aromatic carbocycles. The van der Waals surface area contributed by atoms with Crippen molar-refractivity contribution in [3.05, 3.63) is 36.0 Å². The van der Waals surface area contributed by atoms with Gasteiger partial charge in [0.25, 0.3) is 0 Å². The highest BCUT2D eigenvalue weighted by Crippen LogP contribution is 2.08. The van der Waals surface area contributed by atoms with Crippen molar-refractivity contribution < 1.29 is 14.3 Å². The van der Waals surface area contributed by atoms with Gasteiger partial charge in [0, 0.05) is 5.69 Å². The van der Waals surface area contributed by atoms with Crippen molar-refractivity contribution in [2.45, 2.75) is 13.5 Å². The van der Waals surface area contributed by atoms with Gasteiger partial charge >= 0.3 is 6.09 Å². The molecule has 0 aliphatic heterocycles. The molecule has 8 heteroatoms. The summed E-state index contributed by atoms with van der Waals surface area (Å²) in [5.41, 5.74) is 1.82. The molecule has 1 aromatic heterocycles. The lowest BCUT2D eigenvalue weighted by molar-refractivity contribution is -0.116. The largest absolute Gasteiger partial charge is 0.453 e. The number of nitrogens with one attached hydrogen (secondary N) is 2. The molecule has 2 amide bonds. The predicted molar refractivity (Wildman–Crippen MR) is 75.9 cm³/mol. The fourth-order valence-corrected chi connectivity index (χ4v) is 1.57. The quantitative estimate of drug-likeness (QED) is 0.886. The molecule has 21 heavy (non-hydrogen) atoms. The molecular weight excluding hydrogens is 274 g/mol. The third-order valence-electron chi connectivity index (χ3n) is 2.60. The van der Waals surface area contributed by atoms with Gasteiger partial charge in [0.05, 0.1) is 13.3 Å². The van der Waals surface area contributed by atoms with Crippen molar-refractivity contribution in [1.29, 1.82) is 0 Å². The van der Waals surface area contributed by atoms with Crippen LogP contribution in [-0.4, -0.2) is 34.1 Å². The van der Waals surface area contributed by atoms with Gasteiger partial charge in [-0.15, -0.1) is 5.10 Å². The molecule has 8 nitrogen and oxygen atoms in total. The number of benzene rings is 1. The van der Waals surface area contributed by atoms with E-state index >= 15 is 0 Å². The lowest BCUT2D eigenvalue weighted by atomic mass is 10.2. The Bertz CT molecular complexity index is 636. The van der Waals surface area contributed by atoms with Crippen LogP contribution in [-0.2, 0) is 16.1 Å². The Morgan fingerprint density at radius 3 is 2.62 bits per heavy atom. The van der Waals surface area contributed by atoms with Crippen molar-refractivity contribution in [3.63, 3.8) is 0 Å². The number of carbonyl (C=O) groups is 2. The van der Waals surface area contributed by atoms with E-state index in [0.29, 0.717) is 5.69 Å². The molecule has 0 saturated carbocycles. The van der Waals surface area contributed by atoms with Crippen LogP contribution in [0.3, 0.4) is 0 Å². The van der Waals surface area contributed by atoms with Crippen molar-refractivity contribution in [2.75, 3.05) is 17.7 Å². The molecular formula is C13H15N5O3. The molecule has 2 rings (SSSR count). The molecule has 2 N–H and O–H groups in total. The Balaban J connectivity index is 1.90. The summed E-state index contributed by atoms with van der Waals surface area (Å²) in [5.74, 6) is -0.0293. The smallest absolute Gasteiger partial charge is 0.412 e. The molecule has 0 aliphatic rings. The number of amides is 2. The molecule has 0 saturated heterocycles. The van der Waals surface area contributed by atoms with Gasteiger partial charge in [0.1, 0.15) is 6.54 Å². The van der Waals surface area contributed by atoms with Crippen molar-refractivity contribution in [3.8, 4) is 0 Å². The number of hydrogen-bond donors (Lipinski definition) is 2. The Kier molecular flexibility index (Phi) is 4.50. The Morgan fingerprint density at radius 2 is 1.95 bits per heavy atom. The molecule has 0 atom stereocenters. The van der Waals surface area contributed by atoms with Gasteiger partial charge in [-0.3, -0.25) is 10.1 Å². The number of methoxy groups -OCH3 is 1. The van der Waals surface area contributed by atoms with E-state index in [4.69, 9.17) is 0 Å². The molecule has 0 spiro atoms. The van der Waals surface area contributed by atoms with Gasteiger partial charge in [-0.1, -0.05) is 22.9 Å². The molecule has 0 bridgehead atoms. The summed E-state index contributed by atoms with van der Waals surface area (Å²) in [4.78, 5) is 22.8. The van der Waals surface area contributed by atoms with E-state index in [1.165, 1.54) is 18.0 Å². The van der Waals surface area contributed by atoms with E-state index in [-0.39, 0.29) is 18.3 Å². The minimum absolute atomic E-state index is 0.0102. The molecule has 0 fully saturated rings. The number of ether oxygens (including phenoxy) is 1. The number of anilines is 2. The highest BCUT2D eigenvalue weighted by atomic mass is 16.5. The second kappa shape index (κ2) is 6.51. The van der Waals surface area contributed by atoms with E-state index in [1.807, 2.05) is 31.2 Å². The lowest BCUT2D eigenvalue weighted by Gasteiger charge is -2.05. The number of rotatable bonds is 4. The van der Waals surface area contributed by atoms with Gasteiger partial charge in [-0.25, -0.2) is 9.48 Å². The summed E-state index contributed by atoms with van der Waals surface area (Å²) in [7, 11) is 1.24. The first-order chi connectivity index (χ1) is 10.1. The second-order valence-corrected chi connectivity index (χ2v) is 4.33. The Labute approximate surface area is 121 Å². The van der Waals surface area contributed by atoms with Crippen molar-refractivity contribution >= 4 is 23.5 Å². The van der Waals surface area contributed by atoms with Crippen LogP contribution in [0.15, 0.2) is 30.5 Å². The van der Waals surface area contributed by atoms with Gasteiger partial charge in [-0.05, 0) is 19.1 Å². The average Bonchev–Trinajstić information content (AvgIpc) is 2.88. The lowest BCUT2D eigenvalue weighted by Crippen LogP contribution is -2.19. The fraction of sp³-hybridized carbons (Fsp3) is 0.231. The summed E-state index contributed by atoms with van der Waals surface area (Å²) < 4.78 is 5.74. The van der Waals surface area contributed by atoms with Crippen LogP contribution in [0.25, 0.3) is 0 Å². The number of hydrogen-bond acceptors (Lipinski definition) is 5. The SMILES string of the molecule is COC(=O)Nc1cn(CC(=O)Nc2ccc(C)cc2)nn1. The highest BCUT2D eigenvalue weighted by molar-refractivity contribution is 5.90. The topological polar surface area (TPSA) is 98.1 Å². The van der Waals surface area contributed by atoms with Crippen LogP contribution in [0.5, 0.6) is 0 Å². The van der Waals surface area contributed by atoms with Crippen LogP contribution >= 0.6 is 0 Å². The first kappa shape index (κ1) is 14.5. The number of aryl methyl sites for hydroxylation is 1. The minimum Gasteiger partial charge on any atom is -0.453 e. The van der Waals surface area contributed by atoms with Crippen molar-refractivity contribution in [1.82, 2.24) is 15.0 Å². The molecule has 0 unspecified atom stereocenters. The Morgan fingerprint density at radius 1 is 1.24 bits per heavy atom. The zero-order chi connectivity index (χ0) is 15.2. The highest BCUT2D eigenvalue weighted by Gasteiger charge is 2.08. The third-order valence-corrected chi connectivity index (χ3v) is 2.60. The standard InChI is InChI=1S/C13H15N5O3/c1-9-3-5-10(6-4-9)14-12(19)8-18-7-11(16-17-18)15-13(20)21-2/h3-7H,8H2,1-2H3,(H,14,19)(H,15,20). The molecule has 2 aromatic rings. The number of nitrogens with zero attached hydrogens (tertiary/aromatic N) is 3. The van der Waals surface area contributed by atoms with Gasteiger partial charge in [0.2, 0.25) is 5.91 Å². The van der Waals surface area contributed by atoms with Crippen LogP contribution < -0.4 is 10.6 Å². The second-order valence-electron chi connectivity index (χ2n) is 4.33. The van der Waals surface area contributed by atoms with Crippen LogP contribution in [0.4, 0.5) is 16.3 Å². The maximum atomic E-state index is 11.8. The third kappa shape index (κ3) is 4.30. The normalized spacial score (nSPS) is 10.0. The van der Waals surface area contributed by atoms with Crippen molar-refractivity contribution in [2.24, 2.45) is 0 Å². The van der Waals surface area contributed by atoms with Gasteiger partial charge in [0.15, 0.2) is 5.82 Å². The summed E-state index contributed by atoms with van der Waals surface area (Å²) >= 11 is 0. The van der Waals surface area contributed by atoms with Crippen LogP contribution in [0, 0.1) is 6.92 Å². The van der Waals surface area contributed by atoms with Crippen LogP contribution in [0.2, 0.25) is 0 Å². The van der Waals surface area contributed by atoms with E-state index in [2.05, 4.69) is 25.7 Å². The Hall–Kier alpha value is -2.90. The summed E-state index contributed by atoms with van der Waals surface area (Å²) in [6.07, 6.45) is 0.789. The molecule has 0 aliphatic carbocycles. The number of aromatic nitrogens is 3. The summed E-state index contributed by atoms with van der Waals surface area (Å²) in [6.45, 7) is 1.96. The summed E-state index contributed by atoms with van der Waals surface area (Å²) in [6, 6.07) is 7.45. The van der Waals surface area contributed by atoms with Crippen LogP contribution in [0.1, 0.15) is 5.56 Å². The summed E-state index contributed by atoms with van der Waals surface area (Å²) in [5, 5.41) is 12.5. The first-order valence-corrected chi connectivity index (χ1v) is 6.18. The molecule has 1 heterocycles. The van der Waals surface area contributed by atoms with Gasteiger partial charge in [-0.2, -0.15) is 0 Å². The minimum atomic E-state index is -0.647. The molecule has 0 radical (unpaired) electrons. The molecule has 110 valence electrons.